The van der Waals surface area contributed by atoms with Crippen molar-refractivity contribution in [3.8, 4) is 0 Å². The molecule has 29 heavy (non-hydrogen) atoms. The third-order valence-electron chi connectivity index (χ3n) is 4.71. The molecule has 2 aromatic rings. The Hall–Kier alpha value is -2.88. The van der Waals surface area contributed by atoms with Crippen molar-refractivity contribution in [2.75, 3.05) is 11.1 Å². The number of imide groups is 1. The van der Waals surface area contributed by atoms with Gasteiger partial charge in [0.05, 0.1) is 5.75 Å². The summed E-state index contributed by atoms with van der Waals surface area (Å²) < 4.78 is 1.84. The zero-order valence-electron chi connectivity index (χ0n) is 16.4. The van der Waals surface area contributed by atoms with Gasteiger partial charge in [0, 0.05) is 24.6 Å². The molecule has 3 rings (SSSR count). The Balaban J connectivity index is 1.55. The summed E-state index contributed by atoms with van der Waals surface area (Å²) in [7, 11) is 0. The molecule has 4 N–H and O–H groups in total. The van der Waals surface area contributed by atoms with E-state index in [1.54, 1.807) is 6.07 Å². The van der Waals surface area contributed by atoms with Crippen LogP contribution in [-0.4, -0.2) is 38.4 Å². The number of benzene rings is 1. The molecule has 0 aliphatic heterocycles. The second-order valence-electron chi connectivity index (χ2n) is 7.02. The number of hydrogen-bond acceptors (Lipinski definition) is 6. The summed E-state index contributed by atoms with van der Waals surface area (Å²) >= 11 is 1.17. The van der Waals surface area contributed by atoms with Crippen LogP contribution in [0.15, 0.2) is 23.4 Å². The number of nitrogens with one attached hydrogen (secondary N) is 2. The fourth-order valence-corrected chi connectivity index (χ4v) is 3.59. The number of carbonyl (C=O) groups is 3. The van der Waals surface area contributed by atoms with Gasteiger partial charge in [-0.2, -0.15) is 0 Å². The van der Waals surface area contributed by atoms with Crippen molar-refractivity contribution in [2.24, 2.45) is 5.73 Å². The molecule has 0 radical (unpaired) electrons. The molecule has 1 aromatic carbocycles. The van der Waals surface area contributed by atoms with Gasteiger partial charge in [-0.15, -0.1) is 10.2 Å². The lowest BCUT2D eigenvalue weighted by Gasteiger charge is -2.11. The highest BCUT2D eigenvalue weighted by atomic mass is 32.2. The number of anilines is 1. The van der Waals surface area contributed by atoms with E-state index in [1.807, 2.05) is 30.5 Å². The minimum atomic E-state index is -0.585. The number of thioether (sulfide) groups is 1. The largest absolute Gasteiger partial charge is 0.370 e. The van der Waals surface area contributed by atoms with Gasteiger partial charge in [0.25, 0.3) is 0 Å². The molecule has 0 bridgehead atoms. The monoisotopic (exact) mass is 416 g/mol. The molecule has 1 aliphatic carbocycles. The molecular formula is C19H24N6O3S. The Kier molecular flexibility index (Phi) is 6.53. The summed E-state index contributed by atoms with van der Waals surface area (Å²) in [5.41, 5.74) is 7.90. The Bertz CT molecular complexity index is 938. The van der Waals surface area contributed by atoms with Crippen LogP contribution in [0.1, 0.15) is 42.1 Å². The van der Waals surface area contributed by atoms with Gasteiger partial charge >= 0.3 is 6.03 Å². The van der Waals surface area contributed by atoms with Crippen LogP contribution >= 0.6 is 11.8 Å². The quantitative estimate of drug-likeness (QED) is 0.565. The summed E-state index contributed by atoms with van der Waals surface area (Å²) in [6, 6.07) is 4.98. The molecule has 0 spiro atoms. The summed E-state index contributed by atoms with van der Waals surface area (Å²) in [6.07, 6.45) is 2.26. The van der Waals surface area contributed by atoms with E-state index in [4.69, 9.17) is 5.73 Å². The number of hydrogen-bond donors (Lipinski definition) is 3. The van der Waals surface area contributed by atoms with Gasteiger partial charge in [-0.3, -0.25) is 14.9 Å². The van der Waals surface area contributed by atoms with Crippen LogP contribution in [0.3, 0.4) is 0 Å². The standard InChI is InChI=1S/C19H24N6O3S/c1-11-4-3-5-14(12(11)2)21-18(28)22-16(27)10-29-19-24-23-17(13-6-7-13)25(19)9-8-15(20)26/h3-5,13H,6-10H2,1-2H3,(H2,20,26)(H2,21,22,27,28). The summed E-state index contributed by atoms with van der Waals surface area (Å²) in [5, 5.41) is 13.9. The third kappa shape index (κ3) is 5.57. The molecule has 4 amide bonds. The van der Waals surface area contributed by atoms with E-state index >= 15 is 0 Å². The lowest BCUT2D eigenvalue weighted by atomic mass is 10.1. The lowest BCUT2D eigenvalue weighted by molar-refractivity contribution is -0.118. The lowest BCUT2D eigenvalue weighted by Crippen LogP contribution is -2.35. The van der Waals surface area contributed by atoms with Gasteiger partial charge in [-0.05, 0) is 43.9 Å². The maximum Gasteiger partial charge on any atom is 0.325 e. The van der Waals surface area contributed by atoms with E-state index in [-0.39, 0.29) is 12.2 Å². The number of urea groups is 1. The molecule has 0 unspecified atom stereocenters. The number of primary amides is 1. The van der Waals surface area contributed by atoms with E-state index in [0.717, 1.165) is 29.8 Å². The Morgan fingerprint density at radius 1 is 1.24 bits per heavy atom. The maximum absolute atomic E-state index is 12.2. The van der Waals surface area contributed by atoms with Crippen molar-refractivity contribution in [1.29, 1.82) is 0 Å². The molecule has 154 valence electrons. The van der Waals surface area contributed by atoms with Gasteiger partial charge in [-0.1, -0.05) is 23.9 Å². The zero-order valence-corrected chi connectivity index (χ0v) is 17.2. The van der Waals surface area contributed by atoms with Crippen LogP contribution in [0.2, 0.25) is 0 Å². The molecular weight excluding hydrogens is 392 g/mol. The predicted octanol–water partition coefficient (Wildman–Crippen LogP) is 2.09. The molecule has 1 aromatic heterocycles. The summed E-state index contributed by atoms with van der Waals surface area (Å²) in [5.74, 6) is 0.316. The van der Waals surface area contributed by atoms with E-state index in [1.165, 1.54) is 11.8 Å². The van der Waals surface area contributed by atoms with Gasteiger partial charge in [0.1, 0.15) is 5.82 Å². The number of carbonyl (C=O) groups excluding carboxylic acids is 3. The van der Waals surface area contributed by atoms with Crippen LogP contribution < -0.4 is 16.4 Å². The van der Waals surface area contributed by atoms with Crippen LogP contribution in [0.25, 0.3) is 0 Å². The second kappa shape index (κ2) is 9.08. The fourth-order valence-electron chi connectivity index (χ4n) is 2.82. The molecule has 0 atom stereocenters. The highest BCUT2D eigenvalue weighted by Gasteiger charge is 2.30. The number of nitrogens with two attached hydrogens (primary N) is 1. The minimum absolute atomic E-state index is 0.000406. The van der Waals surface area contributed by atoms with Gasteiger partial charge in [0.15, 0.2) is 5.16 Å². The number of nitrogens with zero attached hydrogens (tertiary/aromatic N) is 3. The first kappa shape index (κ1) is 20.8. The van der Waals surface area contributed by atoms with Crippen molar-refractivity contribution < 1.29 is 14.4 Å². The average molecular weight is 417 g/mol. The summed E-state index contributed by atoms with van der Waals surface area (Å²) in [6.45, 7) is 4.23. The SMILES string of the molecule is Cc1cccc(NC(=O)NC(=O)CSc2nnc(C3CC3)n2CCC(N)=O)c1C. The first-order valence-electron chi connectivity index (χ1n) is 9.36. The van der Waals surface area contributed by atoms with Crippen LogP contribution in [0.4, 0.5) is 10.5 Å². The number of amides is 4. The van der Waals surface area contributed by atoms with Crippen molar-refractivity contribution in [1.82, 2.24) is 20.1 Å². The van der Waals surface area contributed by atoms with Gasteiger partial charge in [-0.25, -0.2) is 4.79 Å². The predicted molar refractivity (Wildman–Crippen MR) is 110 cm³/mol. The maximum atomic E-state index is 12.2. The zero-order chi connectivity index (χ0) is 21.0. The summed E-state index contributed by atoms with van der Waals surface area (Å²) in [4.78, 5) is 35.4. The fraction of sp³-hybridized carbons (Fsp3) is 0.421. The second-order valence-corrected chi connectivity index (χ2v) is 7.96. The van der Waals surface area contributed by atoms with Gasteiger partial charge < -0.3 is 15.6 Å². The molecule has 1 aliphatic rings. The van der Waals surface area contributed by atoms with Crippen molar-refractivity contribution in [3.05, 3.63) is 35.2 Å². The topological polar surface area (TPSA) is 132 Å². The molecule has 0 saturated heterocycles. The van der Waals surface area contributed by atoms with Crippen LogP contribution in [0, 0.1) is 13.8 Å². The number of rotatable bonds is 8. The molecule has 1 heterocycles. The van der Waals surface area contributed by atoms with Crippen LogP contribution in [0.5, 0.6) is 0 Å². The Morgan fingerprint density at radius 3 is 2.69 bits per heavy atom. The molecule has 9 nitrogen and oxygen atoms in total. The van der Waals surface area contributed by atoms with Crippen molar-refractivity contribution in [2.45, 2.75) is 50.7 Å². The Labute approximate surface area is 172 Å². The number of aromatic nitrogens is 3. The van der Waals surface area contributed by atoms with E-state index in [9.17, 15) is 14.4 Å². The minimum Gasteiger partial charge on any atom is -0.370 e. The molecule has 1 fully saturated rings. The highest BCUT2D eigenvalue weighted by Crippen LogP contribution is 2.40. The normalized spacial score (nSPS) is 13.2. The molecule has 1 saturated carbocycles. The first-order chi connectivity index (χ1) is 13.8. The van der Waals surface area contributed by atoms with E-state index in [2.05, 4.69) is 20.8 Å². The average Bonchev–Trinajstić information content (AvgIpc) is 3.42. The third-order valence-corrected chi connectivity index (χ3v) is 5.67. The van der Waals surface area contributed by atoms with E-state index < -0.39 is 17.8 Å². The molecule has 10 heteroatoms. The number of aryl methyl sites for hydroxylation is 1. The first-order valence-corrected chi connectivity index (χ1v) is 10.3. The van der Waals surface area contributed by atoms with Crippen molar-refractivity contribution in [3.63, 3.8) is 0 Å². The van der Waals surface area contributed by atoms with E-state index in [0.29, 0.717) is 23.3 Å². The highest BCUT2D eigenvalue weighted by molar-refractivity contribution is 7.99. The van der Waals surface area contributed by atoms with Crippen LogP contribution in [-0.2, 0) is 16.1 Å². The Morgan fingerprint density at radius 2 is 2.00 bits per heavy atom. The smallest absolute Gasteiger partial charge is 0.325 e. The van der Waals surface area contributed by atoms with Crippen molar-refractivity contribution >= 4 is 35.3 Å². The van der Waals surface area contributed by atoms with Gasteiger partial charge in [0.2, 0.25) is 11.8 Å².